The van der Waals surface area contributed by atoms with Gasteiger partial charge in [0.15, 0.2) is 0 Å². The van der Waals surface area contributed by atoms with Crippen molar-refractivity contribution in [3.63, 3.8) is 0 Å². The molecule has 6 heteroatoms. The van der Waals surface area contributed by atoms with E-state index in [0.717, 1.165) is 11.0 Å². The summed E-state index contributed by atoms with van der Waals surface area (Å²) >= 11 is 9.51. The zero-order valence-electron chi connectivity index (χ0n) is 11.3. The summed E-state index contributed by atoms with van der Waals surface area (Å²) in [7, 11) is 1.74. The minimum atomic E-state index is -0.0698. The molecule has 20 heavy (non-hydrogen) atoms. The van der Waals surface area contributed by atoms with E-state index in [9.17, 15) is 4.79 Å². The minimum absolute atomic E-state index is 0.0698. The average molecular weight is 357 g/mol. The van der Waals surface area contributed by atoms with Crippen molar-refractivity contribution < 1.29 is 4.79 Å². The molecule has 1 aromatic carbocycles. The number of halogens is 2. The van der Waals surface area contributed by atoms with Crippen LogP contribution in [0.5, 0.6) is 0 Å². The molecule has 0 atom stereocenters. The van der Waals surface area contributed by atoms with Crippen LogP contribution in [0, 0.1) is 0 Å². The Hall–Kier alpha value is -1.33. The van der Waals surface area contributed by atoms with Gasteiger partial charge in [0.2, 0.25) is 0 Å². The normalized spacial score (nSPS) is 10.6. The van der Waals surface area contributed by atoms with Crippen LogP contribution in [0.2, 0.25) is 5.02 Å². The number of hydrogen-bond acceptors (Lipinski definition) is 2. The van der Waals surface area contributed by atoms with Gasteiger partial charge in [-0.25, -0.2) is 0 Å². The van der Waals surface area contributed by atoms with E-state index in [-0.39, 0.29) is 5.91 Å². The Kier molecular flexibility index (Phi) is 4.83. The number of aryl methyl sites for hydroxylation is 1. The summed E-state index contributed by atoms with van der Waals surface area (Å²) in [5, 5.41) is 4.93. The standard InChI is InChI=1S/C14H15BrClN3O/c1-3-19-8-12(16)13(17-19)9-18(2)14(20)10-6-4-5-7-11(10)15/h4-8H,3,9H2,1-2H3. The van der Waals surface area contributed by atoms with Gasteiger partial charge in [0, 0.05) is 24.3 Å². The molecule has 2 rings (SSSR count). The van der Waals surface area contributed by atoms with Gasteiger partial charge < -0.3 is 4.90 Å². The van der Waals surface area contributed by atoms with Crippen molar-refractivity contribution in [3.05, 3.63) is 51.2 Å². The van der Waals surface area contributed by atoms with Gasteiger partial charge in [-0.05, 0) is 35.0 Å². The molecular weight excluding hydrogens is 342 g/mol. The van der Waals surface area contributed by atoms with Gasteiger partial charge >= 0.3 is 0 Å². The van der Waals surface area contributed by atoms with Crippen LogP contribution in [-0.2, 0) is 13.1 Å². The van der Waals surface area contributed by atoms with Crippen molar-refractivity contribution in [1.82, 2.24) is 14.7 Å². The molecule has 0 saturated heterocycles. The summed E-state index contributed by atoms with van der Waals surface area (Å²) < 4.78 is 2.54. The Morgan fingerprint density at radius 3 is 2.75 bits per heavy atom. The Balaban J connectivity index is 2.15. The fourth-order valence-corrected chi connectivity index (χ4v) is 2.51. The van der Waals surface area contributed by atoms with Gasteiger partial charge in [-0.15, -0.1) is 0 Å². The predicted octanol–water partition coefficient (Wildman–Crippen LogP) is 3.59. The van der Waals surface area contributed by atoms with Crippen molar-refractivity contribution in [2.24, 2.45) is 0 Å². The first kappa shape index (κ1) is 15.1. The molecule has 106 valence electrons. The topological polar surface area (TPSA) is 38.1 Å². The first-order valence-corrected chi connectivity index (χ1v) is 7.41. The number of aromatic nitrogens is 2. The molecule has 0 aliphatic heterocycles. The van der Waals surface area contributed by atoms with Gasteiger partial charge in [-0.1, -0.05) is 23.7 Å². The van der Waals surface area contributed by atoms with E-state index >= 15 is 0 Å². The third kappa shape index (κ3) is 3.22. The summed E-state index contributed by atoms with van der Waals surface area (Å²) in [6, 6.07) is 7.35. The fourth-order valence-electron chi connectivity index (χ4n) is 1.84. The van der Waals surface area contributed by atoms with Crippen LogP contribution >= 0.6 is 27.5 Å². The Bertz CT molecular complexity index is 627. The second-order valence-electron chi connectivity index (χ2n) is 4.42. The van der Waals surface area contributed by atoms with Crippen molar-refractivity contribution in [2.75, 3.05) is 7.05 Å². The lowest BCUT2D eigenvalue weighted by atomic mass is 10.2. The smallest absolute Gasteiger partial charge is 0.255 e. The lowest BCUT2D eigenvalue weighted by Crippen LogP contribution is -2.26. The molecule has 2 aromatic rings. The highest BCUT2D eigenvalue weighted by molar-refractivity contribution is 9.10. The summed E-state index contributed by atoms with van der Waals surface area (Å²) in [5.41, 5.74) is 1.33. The molecular formula is C14H15BrClN3O. The number of benzene rings is 1. The van der Waals surface area contributed by atoms with E-state index in [4.69, 9.17) is 11.6 Å². The second kappa shape index (κ2) is 6.41. The lowest BCUT2D eigenvalue weighted by molar-refractivity contribution is 0.0782. The van der Waals surface area contributed by atoms with Gasteiger partial charge in [-0.2, -0.15) is 5.10 Å². The highest BCUT2D eigenvalue weighted by Crippen LogP contribution is 2.20. The van der Waals surface area contributed by atoms with Crippen LogP contribution in [0.3, 0.4) is 0 Å². The molecule has 0 aliphatic carbocycles. The summed E-state index contributed by atoms with van der Waals surface area (Å²) in [6.45, 7) is 3.12. The van der Waals surface area contributed by atoms with Crippen LogP contribution in [0.15, 0.2) is 34.9 Å². The maximum atomic E-state index is 12.4. The van der Waals surface area contributed by atoms with Crippen LogP contribution in [-0.4, -0.2) is 27.6 Å². The Labute approximate surface area is 131 Å². The van der Waals surface area contributed by atoms with E-state index in [2.05, 4.69) is 21.0 Å². The van der Waals surface area contributed by atoms with Crippen molar-refractivity contribution in [3.8, 4) is 0 Å². The van der Waals surface area contributed by atoms with E-state index in [0.29, 0.717) is 22.8 Å². The molecule has 1 aromatic heterocycles. The highest BCUT2D eigenvalue weighted by atomic mass is 79.9. The molecule has 4 nitrogen and oxygen atoms in total. The maximum Gasteiger partial charge on any atom is 0.255 e. The van der Waals surface area contributed by atoms with Gasteiger partial charge in [0.05, 0.1) is 17.1 Å². The van der Waals surface area contributed by atoms with Gasteiger partial charge in [0.1, 0.15) is 5.69 Å². The summed E-state index contributed by atoms with van der Waals surface area (Å²) in [6.07, 6.45) is 1.77. The zero-order chi connectivity index (χ0) is 14.7. The van der Waals surface area contributed by atoms with Gasteiger partial charge in [0.25, 0.3) is 5.91 Å². The molecule has 0 bridgehead atoms. The lowest BCUT2D eigenvalue weighted by Gasteiger charge is -2.17. The van der Waals surface area contributed by atoms with Gasteiger partial charge in [-0.3, -0.25) is 9.48 Å². The SMILES string of the molecule is CCn1cc(Cl)c(CN(C)C(=O)c2ccccc2Br)n1. The Morgan fingerprint density at radius 1 is 1.45 bits per heavy atom. The number of carbonyl (C=O) groups excluding carboxylic acids is 1. The summed E-state index contributed by atoms with van der Waals surface area (Å²) in [5.74, 6) is -0.0698. The molecule has 0 radical (unpaired) electrons. The first-order valence-electron chi connectivity index (χ1n) is 6.24. The number of hydrogen-bond donors (Lipinski definition) is 0. The second-order valence-corrected chi connectivity index (χ2v) is 5.68. The van der Waals surface area contributed by atoms with E-state index in [1.165, 1.54) is 0 Å². The number of nitrogens with zero attached hydrogens (tertiary/aromatic N) is 3. The highest BCUT2D eigenvalue weighted by Gasteiger charge is 2.17. The largest absolute Gasteiger partial charge is 0.336 e. The molecule has 0 N–H and O–H groups in total. The third-order valence-electron chi connectivity index (χ3n) is 2.95. The van der Waals surface area contributed by atoms with Crippen molar-refractivity contribution >= 4 is 33.4 Å². The van der Waals surface area contributed by atoms with Crippen LogP contribution in [0.1, 0.15) is 23.0 Å². The maximum absolute atomic E-state index is 12.4. The molecule has 0 saturated carbocycles. The quantitative estimate of drug-likeness (QED) is 0.839. The number of amides is 1. The van der Waals surface area contributed by atoms with Crippen molar-refractivity contribution in [1.29, 1.82) is 0 Å². The number of rotatable bonds is 4. The first-order chi connectivity index (χ1) is 9.52. The predicted molar refractivity (Wildman–Crippen MR) is 82.9 cm³/mol. The molecule has 0 unspecified atom stereocenters. The zero-order valence-corrected chi connectivity index (χ0v) is 13.6. The van der Waals surface area contributed by atoms with Crippen LogP contribution in [0.25, 0.3) is 0 Å². The molecule has 0 fully saturated rings. The van der Waals surface area contributed by atoms with Crippen LogP contribution in [0.4, 0.5) is 0 Å². The fraction of sp³-hybridized carbons (Fsp3) is 0.286. The van der Waals surface area contributed by atoms with E-state index in [1.807, 2.05) is 25.1 Å². The third-order valence-corrected chi connectivity index (χ3v) is 3.96. The van der Waals surface area contributed by atoms with Crippen molar-refractivity contribution in [2.45, 2.75) is 20.0 Å². The number of carbonyl (C=O) groups is 1. The minimum Gasteiger partial charge on any atom is -0.336 e. The molecule has 1 amide bonds. The molecule has 0 aliphatic rings. The summed E-state index contributed by atoms with van der Waals surface area (Å²) in [4.78, 5) is 14.0. The average Bonchev–Trinajstić information content (AvgIpc) is 2.79. The molecule has 1 heterocycles. The Morgan fingerprint density at radius 2 is 2.15 bits per heavy atom. The monoisotopic (exact) mass is 355 g/mol. The van der Waals surface area contributed by atoms with E-state index in [1.54, 1.807) is 28.9 Å². The van der Waals surface area contributed by atoms with Crippen LogP contribution < -0.4 is 0 Å². The van der Waals surface area contributed by atoms with E-state index < -0.39 is 0 Å². The molecule has 0 spiro atoms.